The maximum Gasteiger partial charge on any atom is 0.407 e. The summed E-state index contributed by atoms with van der Waals surface area (Å²) in [6.07, 6.45) is -0.175. The molecule has 0 aromatic rings. The molecule has 180 valence electrons. The smallest absolute Gasteiger partial charge is 0.407 e. The lowest BCUT2D eigenvalue weighted by atomic mass is 10.0. The average molecular weight is 459 g/mol. The fraction of sp³-hybridized carbons (Fsp3) is 0.810. The van der Waals surface area contributed by atoms with Gasteiger partial charge in [-0.1, -0.05) is 0 Å². The second-order valence-electron chi connectivity index (χ2n) is 9.49. The van der Waals surface area contributed by atoms with E-state index in [9.17, 15) is 23.2 Å². The molecule has 3 aliphatic rings. The Labute approximate surface area is 186 Å². The van der Waals surface area contributed by atoms with Crippen molar-refractivity contribution in [2.75, 3.05) is 32.8 Å². The van der Waals surface area contributed by atoms with Gasteiger partial charge in [0.25, 0.3) is 5.92 Å². The van der Waals surface area contributed by atoms with E-state index in [-0.39, 0.29) is 31.3 Å². The van der Waals surface area contributed by atoms with Crippen LogP contribution >= 0.6 is 0 Å². The number of likely N-dealkylation sites (tertiary alicyclic amines) is 2. The molecule has 2 fully saturated rings. The van der Waals surface area contributed by atoms with Crippen LogP contribution in [0.15, 0.2) is 4.99 Å². The molecular formula is C21H32F2N4O5. The molecule has 3 rings (SSSR count). The van der Waals surface area contributed by atoms with Gasteiger partial charge in [-0.3, -0.25) is 14.6 Å². The minimum atomic E-state index is -2.99. The van der Waals surface area contributed by atoms with E-state index in [1.54, 1.807) is 25.7 Å². The predicted molar refractivity (Wildman–Crippen MR) is 112 cm³/mol. The van der Waals surface area contributed by atoms with Crippen molar-refractivity contribution in [3.05, 3.63) is 0 Å². The van der Waals surface area contributed by atoms with Crippen molar-refractivity contribution in [2.45, 2.75) is 76.5 Å². The molecule has 0 unspecified atom stereocenters. The molecule has 0 spiro atoms. The topological polar surface area (TPSA) is 101 Å². The number of nitrogens with one attached hydrogen (secondary N) is 1. The summed E-state index contributed by atoms with van der Waals surface area (Å²) in [5.41, 5.74) is -0.773. The van der Waals surface area contributed by atoms with Gasteiger partial charge in [-0.15, -0.1) is 0 Å². The third-order valence-electron chi connectivity index (χ3n) is 5.53. The van der Waals surface area contributed by atoms with Crippen LogP contribution in [0.5, 0.6) is 0 Å². The van der Waals surface area contributed by atoms with Gasteiger partial charge in [0.2, 0.25) is 17.7 Å². The SMILES string of the molecule is CC(C)(C)OC(=O)N[C@@H](CC(=O)N1CCC[C@H]1C1=NCCO1)CN1CC(F)(F)CCC1=O. The zero-order valence-corrected chi connectivity index (χ0v) is 18.9. The molecular weight excluding hydrogens is 426 g/mol. The highest BCUT2D eigenvalue weighted by molar-refractivity contribution is 5.89. The lowest BCUT2D eigenvalue weighted by Crippen LogP contribution is -2.54. The minimum absolute atomic E-state index is 0.154. The highest BCUT2D eigenvalue weighted by atomic mass is 19.3. The lowest BCUT2D eigenvalue weighted by molar-refractivity contribution is -0.148. The molecule has 3 aliphatic heterocycles. The van der Waals surface area contributed by atoms with E-state index in [0.29, 0.717) is 25.6 Å². The van der Waals surface area contributed by atoms with Gasteiger partial charge in [0.05, 0.1) is 19.1 Å². The van der Waals surface area contributed by atoms with Gasteiger partial charge in [0.1, 0.15) is 18.2 Å². The van der Waals surface area contributed by atoms with Gasteiger partial charge in [-0.25, -0.2) is 13.6 Å². The first-order valence-corrected chi connectivity index (χ1v) is 11.1. The third kappa shape index (κ3) is 6.52. The maximum atomic E-state index is 13.9. The number of halogens is 2. The molecule has 0 bridgehead atoms. The summed E-state index contributed by atoms with van der Waals surface area (Å²) in [7, 11) is 0. The van der Waals surface area contributed by atoms with Crippen molar-refractivity contribution >= 4 is 23.8 Å². The Morgan fingerprint density at radius 1 is 1.38 bits per heavy atom. The highest BCUT2D eigenvalue weighted by Gasteiger charge is 2.41. The molecule has 0 radical (unpaired) electrons. The molecule has 1 N–H and O–H groups in total. The number of hydrogen-bond donors (Lipinski definition) is 1. The van der Waals surface area contributed by atoms with Crippen LogP contribution in [-0.4, -0.2) is 90.0 Å². The van der Waals surface area contributed by atoms with Crippen molar-refractivity contribution in [3.63, 3.8) is 0 Å². The molecule has 9 nitrogen and oxygen atoms in total. The number of alkyl halides is 2. The summed E-state index contributed by atoms with van der Waals surface area (Å²) in [4.78, 5) is 44.7. The van der Waals surface area contributed by atoms with Gasteiger partial charge in [-0.05, 0) is 33.6 Å². The zero-order valence-electron chi connectivity index (χ0n) is 18.9. The zero-order chi connectivity index (χ0) is 23.5. The molecule has 2 atom stereocenters. The van der Waals surface area contributed by atoms with Crippen LogP contribution in [-0.2, 0) is 19.1 Å². The Morgan fingerprint density at radius 3 is 2.78 bits per heavy atom. The normalized spacial score (nSPS) is 24.1. The van der Waals surface area contributed by atoms with Crippen LogP contribution in [0, 0.1) is 0 Å². The number of carbonyl (C=O) groups excluding carboxylic acids is 3. The van der Waals surface area contributed by atoms with Crippen LogP contribution in [0.1, 0.15) is 52.9 Å². The van der Waals surface area contributed by atoms with Gasteiger partial charge in [0, 0.05) is 32.4 Å². The number of alkyl carbamates (subject to hydrolysis) is 1. The number of carbonyl (C=O) groups is 3. The molecule has 3 heterocycles. The third-order valence-corrected chi connectivity index (χ3v) is 5.53. The van der Waals surface area contributed by atoms with Gasteiger partial charge in [0.15, 0.2) is 0 Å². The van der Waals surface area contributed by atoms with Crippen molar-refractivity contribution in [1.82, 2.24) is 15.1 Å². The standard InChI is InChI=1S/C21H32F2N4O5/c1-20(2,3)32-19(30)25-14(12-26-13-21(22,23)7-6-16(26)28)11-17(29)27-9-4-5-15(27)18-24-8-10-31-18/h14-15H,4-13H2,1-3H3,(H,25,30)/t14-,15-/m0/s1. The second kappa shape index (κ2) is 9.58. The summed E-state index contributed by atoms with van der Waals surface area (Å²) in [6.45, 7) is 5.71. The van der Waals surface area contributed by atoms with Crippen molar-refractivity contribution in [2.24, 2.45) is 4.99 Å². The van der Waals surface area contributed by atoms with E-state index < -0.39 is 42.5 Å². The maximum absolute atomic E-state index is 13.9. The Bertz CT molecular complexity index is 768. The summed E-state index contributed by atoms with van der Waals surface area (Å²) >= 11 is 0. The fourth-order valence-corrected chi connectivity index (χ4v) is 4.17. The first kappa shape index (κ1) is 24.2. The summed E-state index contributed by atoms with van der Waals surface area (Å²) in [6, 6.07) is -1.13. The van der Waals surface area contributed by atoms with E-state index in [2.05, 4.69) is 10.3 Å². The first-order valence-electron chi connectivity index (χ1n) is 11.1. The average Bonchev–Trinajstić information content (AvgIpc) is 3.33. The van der Waals surface area contributed by atoms with Crippen LogP contribution in [0.4, 0.5) is 13.6 Å². The summed E-state index contributed by atoms with van der Waals surface area (Å²) < 4.78 is 38.6. The molecule has 0 saturated carbocycles. The number of ether oxygens (including phenoxy) is 2. The highest BCUT2D eigenvalue weighted by Crippen LogP contribution is 2.28. The van der Waals surface area contributed by atoms with Crippen molar-refractivity contribution in [3.8, 4) is 0 Å². The van der Waals surface area contributed by atoms with Gasteiger partial charge in [-0.2, -0.15) is 0 Å². The Balaban J connectivity index is 1.70. The Morgan fingerprint density at radius 2 is 2.12 bits per heavy atom. The van der Waals surface area contributed by atoms with Crippen LogP contribution in [0.25, 0.3) is 0 Å². The molecule has 3 amide bonds. The number of piperidine rings is 1. The quantitative estimate of drug-likeness (QED) is 0.656. The number of aliphatic imine (C=N–C) groups is 1. The van der Waals surface area contributed by atoms with E-state index in [4.69, 9.17) is 9.47 Å². The van der Waals surface area contributed by atoms with E-state index in [1.807, 2.05) is 0 Å². The second-order valence-corrected chi connectivity index (χ2v) is 9.49. The fourth-order valence-electron chi connectivity index (χ4n) is 4.17. The minimum Gasteiger partial charge on any atom is -0.478 e. The summed E-state index contributed by atoms with van der Waals surface area (Å²) in [5.74, 6) is -3.14. The molecule has 0 aromatic carbocycles. The van der Waals surface area contributed by atoms with Crippen molar-refractivity contribution < 1.29 is 32.6 Å². The van der Waals surface area contributed by atoms with Crippen LogP contribution in [0.2, 0.25) is 0 Å². The van der Waals surface area contributed by atoms with E-state index in [1.165, 1.54) is 0 Å². The van der Waals surface area contributed by atoms with Gasteiger partial charge < -0.3 is 24.6 Å². The number of rotatable bonds is 6. The Hall–Kier alpha value is -2.46. The molecule has 0 aliphatic carbocycles. The molecule has 0 aromatic heterocycles. The number of hydrogen-bond acceptors (Lipinski definition) is 6. The largest absolute Gasteiger partial charge is 0.478 e. The predicted octanol–water partition coefficient (Wildman–Crippen LogP) is 1.95. The van der Waals surface area contributed by atoms with Gasteiger partial charge >= 0.3 is 6.09 Å². The van der Waals surface area contributed by atoms with Crippen molar-refractivity contribution in [1.29, 1.82) is 0 Å². The number of nitrogens with zero attached hydrogens (tertiary/aromatic N) is 3. The lowest BCUT2D eigenvalue weighted by Gasteiger charge is -2.35. The molecule has 32 heavy (non-hydrogen) atoms. The molecule has 11 heteroatoms. The van der Waals surface area contributed by atoms with E-state index >= 15 is 0 Å². The summed E-state index contributed by atoms with van der Waals surface area (Å²) in [5, 5.41) is 2.60. The van der Waals surface area contributed by atoms with Crippen LogP contribution in [0.3, 0.4) is 0 Å². The number of amides is 3. The monoisotopic (exact) mass is 458 g/mol. The molecule has 2 saturated heterocycles. The van der Waals surface area contributed by atoms with E-state index in [0.717, 1.165) is 17.7 Å². The Kier molecular flexibility index (Phi) is 7.24. The first-order chi connectivity index (χ1) is 14.9. The van der Waals surface area contributed by atoms with Crippen LogP contribution < -0.4 is 5.32 Å².